The highest BCUT2D eigenvalue weighted by molar-refractivity contribution is 5.97. The number of anilines is 1. The lowest BCUT2D eigenvalue weighted by atomic mass is 10.0. The van der Waals surface area contributed by atoms with Crippen LogP contribution >= 0.6 is 0 Å². The van der Waals surface area contributed by atoms with Crippen molar-refractivity contribution in [3.05, 3.63) is 29.8 Å². The van der Waals surface area contributed by atoms with E-state index in [1.54, 1.807) is 9.80 Å². The first-order chi connectivity index (χ1) is 11.4. The van der Waals surface area contributed by atoms with Gasteiger partial charge in [-0.25, -0.2) is 0 Å². The normalized spacial score (nSPS) is 14.7. The van der Waals surface area contributed by atoms with Crippen LogP contribution in [-0.2, 0) is 14.4 Å². The first-order valence-corrected chi connectivity index (χ1v) is 8.27. The van der Waals surface area contributed by atoms with Gasteiger partial charge in [-0.15, -0.1) is 0 Å². The van der Waals surface area contributed by atoms with E-state index >= 15 is 0 Å². The number of hydrogen-bond donors (Lipinski definition) is 0. The van der Waals surface area contributed by atoms with Crippen molar-refractivity contribution in [2.24, 2.45) is 0 Å². The second kappa shape index (κ2) is 7.95. The van der Waals surface area contributed by atoms with Crippen LogP contribution in [0.15, 0.2) is 24.3 Å². The number of benzene rings is 1. The van der Waals surface area contributed by atoms with Crippen LogP contribution < -0.4 is 4.90 Å². The highest BCUT2D eigenvalue weighted by atomic mass is 16.2. The second-order valence-corrected chi connectivity index (χ2v) is 6.37. The van der Waals surface area contributed by atoms with Crippen molar-refractivity contribution in [1.29, 1.82) is 0 Å². The van der Waals surface area contributed by atoms with Gasteiger partial charge < -0.3 is 14.7 Å². The van der Waals surface area contributed by atoms with Gasteiger partial charge in [0, 0.05) is 38.8 Å². The highest BCUT2D eigenvalue weighted by Crippen LogP contribution is 2.20. The molecule has 1 fully saturated rings. The number of carbonyl (C=O) groups is 3. The fraction of sp³-hybridized carbons (Fsp3) is 0.500. The summed E-state index contributed by atoms with van der Waals surface area (Å²) in [6.45, 7) is 7.81. The lowest BCUT2D eigenvalue weighted by molar-refractivity contribution is -0.134. The van der Waals surface area contributed by atoms with Gasteiger partial charge in [-0.2, -0.15) is 0 Å². The number of amides is 3. The van der Waals surface area contributed by atoms with E-state index in [9.17, 15) is 14.4 Å². The Hall–Kier alpha value is -2.37. The summed E-state index contributed by atoms with van der Waals surface area (Å²) in [5, 5.41) is 0. The zero-order valence-corrected chi connectivity index (χ0v) is 14.6. The Morgan fingerprint density at radius 3 is 2.17 bits per heavy atom. The summed E-state index contributed by atoms with van der Waals surface area (Å²) < 4.78 is 0. The molecule has 0 atom stereocenters. The van der Waals surface area contributed by atoms with Crippen molar-refractivity contribution in [3.63, 3.8) is 0 Å². The average molecular weight is 331 g/mol. The summed E-state index contributed by atoms with van der Waals surface area (Å²) in [6, 6.07) is 7.75. The molecule has 0 aliphatic carbocycles. The van der Waals surface area contributed by atoms with Gasteiger partial charge in [0.2, 0.25) is 18.2 Å². The van der Waals surface area contributed by atoms with Crippen LogP contribution in [0.4, 0.5) is 5.69 Å². The zero-order valence-electron chi connectivity index (χ0n) is 14.6. The fourth-order valence-corrected chi connectivity index (χ4v) is 2.74. The third kappa shape index (κ3) is 4.34. The van der Waals surface area contributed by atoms with E-state index < -0.39 is 0 Å². The van der Waals surface area contributed by atoms with E-state index in [2.05, 4.69) is 13.8 Å². The van der Waals surface area contributed by atoms with Crippen LogP contribution in [0.3, 0.4) is 0 Å². The van der Waals surface area contributed by atoms with Crippen LogP contribution in [0.5, 0.6) is 0 Å². The van der Waals surface area contributed by atoms with E-state index in [0.717, 1.165) is 12.1 Å². The molecule has 6 nitrogen and oxygen atoms in total. The topological polar surface area (TPSA) is 60.9 Å². The van der Waals surface area contributed by atoms with Crippen LogP contribution in [0.25, 0.3) is 0 Å². The fourth-order valence-electron chi connectivity index (χ4n) is 2.74. The third-order valence-electron chi connectivity index (χ3n) is 4.36. The molecule has 1 saturated heterocycles. The molecule has 0 unspecified atom stereocenters. The Balaban J connectivity index is 2.04. The maximum Gasteiger partial charge on any atom is 0.242 e. The summed E-state index contributed by atoms with van der Waals surface area (Å²) in [6.07, 6.45) is 0.806. The van der Waals surface area contributed by atoms with Crippen molar-refractivity contribution in [2.45, 2.75) is 26.7 Å². The number of nitrogens with zero attached hydrogens (tertiary/aromatic N) is 3. The molecule has 0 aromatic heterocycles. The van der Waals surface area contributed by atoms with Crippen LogP contribution in [0, 0.1) is 0 Å². The first-order valence-electron chi connectivity index (χ1n) is 8.27. The summed E-state index contributed by atoms with van der Waals surface area (Å²) in [5.41, 5.74) is 1.92. The Morgan fingerprint density at radius 1 is 1.12 bits per heavy atom. The average Bonchev–Trinajstić information content (AvgIpc) is 2.59. The third-order valence-corrected chi connectivity index (χ3v) is 4.36. The lowest BCUT2D eigenvalue weighted by Gasteiger charge is -2.34. The molecular weight excluding hydrogens is 306 g/mol. The molecule has 0 bridgehead atoms. The smallest absolute Gasteiger partial charge is 0.242 e. The van der Waals surface area contributed by atoms with Crippen molar-refractivity contribution < 1.29 is 14.4 Å². The predicted molar refractivity (Wildman–Crippen MR) is 92.8 cm³/mol. The molecule has 1 heterocycles. The number of hydrogen-bond acceptors (Lipinski definition) is 3. The summed E-state index contributed by atoms with van der Waals surface area (Å²) >= 11 is 0. The number of rotatable bonds is 5. The number of piperazine rings is 1. The molecule has 0 N–H and O–H groups in total. The summed E-state index contributed by atoms with van der Waals surface area (Å²) in [4.78, 5) is 40.1. The maximum absolute atomic E-state index is 12.5. The van der Waals surface area contributed by atoms with Crippen LogP contribution in [0.1, 0.15) is 32.3 Å². The molecule has 2 rings (SSSR count). The zero-order chi connectivity index (χ0) is 17.7. The van der Waals surface area contributed by atoms with E-state index in [0.29, 0.717) is 32.1 Å². The van der Waals surface area contributed by atoms with Gasteiger partial charge in [0.15, 0.2) is 0 Å². The monoisotopic (exact) mass is 331 g/mol. The maximum atomic E-state index is 12.5. The minimum Gasteiger partial charge on any atom is -0.342 e. The molecule has 1 aliphatic heterocycles. The van der Waals surface area contributed by atoms with Gasteiger partial charge in [-0.1, -0.05) is 26.0 Å². The molecule has 3 amide bonds. The van der Waals surface area contributed by atoms with Crippen LogP contribution in [0.2, 0.25) is 0 Å². The first kappa shape index (κ1) is 18.0. The van der Waals surface area contributed by atoms with Gasteiger partial charge >= 0.3 is 0 Å². The molecular formula is C18H25N3O3. The Morgan fingerprint density at radius 2 is 1.71 bits per heavy atom. The molecule has 130 valence electrons. The van der Waals surface area contributed by atoms with Crippen molar-refractivity contribution in [2.75, 3.05) is 37.6 Å². The van der Waals surface area contributed by atoms with Gasteiger partial charge in [-0.3, -0.25) is 14.4 Å². The quantitative estimate of drug-likeness (QED) is 0.768. The van der Waals surface area contributed by atoms with E-state index in [1.165, 1.54) is 17.4 Å². The van der Waals surface area contributed by atoms with E-state index in [-0.39, 0.29) is 18.4 Å². The van der Waals surface area contributed by atoms with Gasteiger partial charge in [0.25, 0.3) is 0 Å². The Labute approximate surface area is 143 Å². The highest BCUT2D eigenvalue weighted by Gasteiger charge is 2.23. The summed E-state index contributed by atoms with van der Waals surface area (Å²) in [5.74, 6) is 0.163. The molecule has 1 aliphatic rings. The SMILES string of the molecule is CC(=O)N(CC(=O)N1CCN(C=O)CC1)c1ccc(C(C)C)cc1. The van der Waals surface area contributed by atoms with E-state index in [4.69, 9.17) is 0 Å². The molecule has 6 heteroatoms. The van der Waals surface area contributed by atoms with Crippen LogP contribution in [-0.4, -0.2) is 60.7 Å². The predicted octanol–water partition coefficient (Wildman–Crippen LogP) is 1.46. The number of carbonyl (C=O) groups excluding carboxylic acids is 3. The van der Waals surface area contributed by atoms with Gasteiger partial charge in [0.1, 0.15) is 6.54 Å². The van der Waals surface area contributed by atoms with Crippen molar-refractivity contribution in [1.82, 2.24) is 9.80 Å². The van der Waals surface area contributed by atoms with Crippen molar-refractivity contribution >= 4 is 23.9 Å². The van der Waals surface area contributed by atoms with E-state index in [1.807, 2.05) is 24.3 Å². The lowest BCUT2D eigenvalue weighted by Crippen LogP contribution is -2.51. The van der Waals surface area contributed by atoms with Gasteiger partial charge in [-0.05, 0) is 23.6 Å². The minimum atomic E-state index is -0.160. The molecule has 24 heavy (non-hydrogen) atoms. The largest absolute Gasteiger partial charge is 0.342 e. The molecule has 0 saturated carbocycles. The molecule has 1 aromatic carbocycles. The Kier molecular flexibility index (Phi) is 5.95. The Bertz CT molecular complexity index is 590. The summed E-state index contributed by atoms with van der Waals surface area (Å²) in [7, 11) is 0. The van der Waals surface area contributed by atoms with Crippen molar-refractivity contribution in [3.8, 4) is 0 Å². The molecule has 1 aromatic rings. The molecule has 0 radical (unpaired) electrons. The minimum absolute atomic E-state index is 0.0252. The van der Waals surface area contributed by atoms with Gasteiger partial charge in [0.05, 0.1) is 0 Å². The standard InChI is InChI=1S/C18H25N3O3/c1-14(2)16-4-6-17(7-5-16)21(15(3)23)12-18(24)20-10-8-19(13-22)9-11-20/h4-7,13-14H,8-12H2,1-3H3. The molecule has 0 spiro atoms. The second-order valence-electron chi connectivity index (χ2n) is 6.37.